The zero-order valence-corrected chi connectivity index (χ0v) is 13.2. The number of carbonyl (C=O) groups is 1. The number of carboxylic acid groups (broad SMARTS) is 1. The monoisotopic (exact) mass is 299 g/mol. The lowest BCUT2D eigenvalue weighted by molar-refractivity contribution is -0.137. The molecule has 1 aromatic heterocycles. The molecule has 2 N–H and O–H groups in total. The second kappa shape index (κ2) is 9.69. The summed E-state index contributed by atoms with van der Waals surface area (Å²) in [6.45, 7) is 5.10. The second-order valence-corrected chi connectivity index (χ2v) is 5.82. The molecule has 0 spiro atoms. The molecular formula is C14H25N3O2S. The largest absolute Gasteiger partial charge is 0.481 e. The van der Waals surface area contributed by atoms with Gasteiger partial charge >= 0.3 is 5.97 Å². The normalized spacial score (nSPS) is 12.3. The Balaban J connectivity index is 2.29. The van der Waals surface area contributed by atoms with E-state index >= 15 is 0 Å². The number of aromatic nitrogens is 2. The minimum Gasteiger partial charge on any atom is -0.481 e. The van der Waals surface area contributed by atoms with Crippen LogP contribution in [-0.2, 0) is 11.2 Å². The predicted molar refractivity (Wildman–Crippen MR) is 82.3 cm³/mol. The fraction of sp³-hybridized carbons (Fsp3) is 0.786. The molecule has 5 nitrogen and oxygen atoms in total. The second-order valence-electron chi connectivity index (χ2n) is 5.07. The van der Waals surface area contributed by atoms with Crippen LogP contribution in [0.2, 0.25) is 0 Å². The van der Waals surface area contributed by atoms with Gasteiger partial charge in [0.15, 0.2) is 0 Å². The van der Waals surface area contributed by atoms with Gasteiger partial charge in [0.1, 0.15) is 5.82 Å². The molecule has 0 amide bonds. The molecule has 0 saturated heterocycles. The lowest BCUT2D eigenvalue weighted by atomic mass is 9.94. The van der Waals surface area contributed by atoms with Gasteiger partial charge in [0.25, 0.3) is 0 Å². The van der Waals surface area contributed by atoms with Crippen LogP contribution < -0.4 is 5.32 Å². The van der Waals surface area contributed by atoms with E-state index in [2.05, 4.69) is 28.5 Å². The molecule has 20 heavy (non-hydrogen) atoms. The van der Waals surface area contributed by atoms with Crippen LogP contribution in [0, 0.1) is 5.92 Å². The van der Waals surface area contributed by atoms with E-state index in [1.54, 1.807) is 0 Å². The highest BCUT2D eigenvalue weighted by Crippen LogP contribution is 2.19. The standard InChI is InChI=1S/C14H25N3O2S/c1-3-5-11(7-8-13(18)19)9-10-15-14-16-12(6-4-2)17-20-14/h11H,3-10H2,1-2H3,(H,18,19)(H,15,16,17). The van der Waals surface area contributed by atoms with Crippen molar-refractivity contribution in [2.24, 2.45) is 5.92 Å². The fourth-order valence-corrected chi connectivity index (χ4v) is 2.84. The Bertz CT molecular complexity index is 396. The Morgan fingerprint density at radius 1 is 1.30 bits per heavy atom. The van der Waals surface area contributed by atoms with E-state index < -0.39 is 5.97 Å². The third-order valence-corrected chi connectivity index (χ3v) is 3.94. The summed E-state index contributed by atoms with van der Waals surface area (Å²) in [4.78, 5) is 15.1. The third kappa shape index (κ3) is 6.84. The maximum atomic E-state index is 10.6. The first-order chi connectivity index (χ1) is 9.65. The third-order valence-electron chi connectivity index (χ3n) is 3.23. The summed E-state index contributed by atoms with van der Waals surface area (Å²) < 4.78 is 4.29. The highest BCUT2D eigenvalue weighted by atomic mass is 32.1. The number of aryl methyl sites for hydroxylation is 1. The van der Waals surface area contributed by atoms with Crippen molar-refractivity contribution in [3.05, 3.63) is 5.82 Å². The van der Waals surface area contributed by atoms with E-state index in [9.17, 15) is 4.79 Å². The van der Waals surface area contributed by atoms with Crippen LogP contribution in [0.1, 0.15) is 58.2 Å². The molecule has 0 aliphatic rings. The summed E-state index contributed by atoms with van der Waals surface area (Å²) >= 11 is 1.41. The van der Waals surface area contributed by atoms with E-state index in [0.717, 1.165) is 56.0 Å². The van der Waals surface area contributed by atoms with Crippen LogP contribution in [-0.4, -0.2) is 27.0 Å². The first-order valence-corrected chi connectivity index (χ1v) is 8.21. The Kier molecular flexibility index (Phi) is 8.18. The van der Waals surface area contributed by atoms with Gasteiger partial charge in [0, 0.05) is 30.9 Å². The van der Waals surface area contributed by atoms with Gasteiger partial charge in [0.2, 0.25) is 5.13 Å². The molecule has 0 aromatic carbocycles. The van der Waals surface area contributed by atoms with Crippen molar-refractivity contribution < 1.29 is 9.90 Å². The number of carboxylic acids is 1. The van der Waals surface area contributed by atoms with Crippen molar-refractivity contribution in [1.82, 2.24) is 9.36 Å². The number of hydrogen-bond donors (Lipinski definition) is 2. The molecule has 1 unspecified atom stereocenters. The first kappa shape index (κ1) is 16.9. The molecule has 0 saturated carbocycles. The molecule has 1 aromatic rings. The van der Waals surface area contributed by atoms with Gasteiger partial charge in [-0.2, -0.15) is 4.37 Å². The van der Waals surface area contributed by atoms with Gasteiger partial charge in [-0.05, 0) is 25.2 Å². The lowest BCUT2D eigenvalue weighted by Crippen LogP contribution is -2.11. The maximum Gasteiger partial charge on any atom is 0.303 e. The van der Waals surface area contributed by atoms with Crippen LogP contribution >= 0.6 is 11.5 Å². The molecule has 0 radical (unpaired) electrons. The minimum absolute atomic E-state index is 0.268. The Morgan fingerprint density at radius 2 is 2.10 bits per heavy atom. The summed E-state index contributed by atoms with van der Waals surface area (Å²) in [5.74, 6) is 0.690. The average Bonchev–Trinajstić information content (AvgIpc) is 2.84. The lowest BCUT2D eigenvalue weighted by Gasteiger charge is -2.14. The Labute approximate surface area is 125 Å². The summed E-state index contributed by atoms with van der Waals surface area (Å²) in [5.41, 5.74) is 0. The number of nitrogens with zero attached hydrogens (tertiary/aromatic N) is 2. The smallest absolute Gasteiger partial charge is 0.303 e. The fourth-order valence-electron chi connectivity index (χ4n) is 2.20. The number of aliphatic carboxylic acids is 1. The first-order valence-electron chi connectivity index (χ1n) is 7.43. The van der Waals surface area contributed by atoms with Crippen LogP contribution in [0.5, 0.6) is 0 Å². The highest BCUT2D eigenvalue weighted by molar-refractivity contribution is 7.09. The number of anilines is 1. The quantitative estimate of drug-likeness (QED) is 0.653. The SMILES string of the molecule is CCCc1nsc(NCCC(CCC)CCC(=O)O)n1. The van der Waals surface area contributed by atoms with Crippen LogP contribution in [0.4, 0.5) is 5.13 Å². The van der Waals surface area contributed by atoms with Crippen LogP contribution in [0.25, 0.3) is 0 Å². The Morgan fingerprint density at radius 3 is 2.75 bits per heavy atom. The molecule has 0 fully saturated rings. The van der Waals surface area contributed by atoms with Gasteiger partial charge in [-0.3, -0.25) is 4.79 Å². The van der Waals surface area contributed by atoms with Crippen LogP contribution in [0.15, 0.2) is 0 Å². The van der Waals surface area contributed by atoms with E-state index in [1.165, 1.54) is 11.5 Å². The molecule has 1 heterocycles. The van der Waals surface area contributed by atoms with Crippen molar-refractivity contribution in [1.29, 1.82) is 0 Å². The van der Waals surface area contributed by atoms with Crippen LogP contribution in [0.3, 0.4) is 0 Å². The topological polar surface area (TPSA) is 75.1 Å². The van der Waals surface area contributed by atoms with Crippen molar-refractivity contribution in [3.63, 3.8) is 0 Å². The molecule has 0 aliphatic heterocycles. The Hall–Kier alpha value is -1.17. The van der Waals surface area contributed by atoms with E-state index in [-0.39, 0.29) is 6.42 Å². The summed E-state index contributed by atoms with van der Waals surface area (Å²) in [7, 11) is 0. The van der Waals surface area contributed by atoms with E-state index in [1.807, 2.05) is 0 Å². The van der Waals surface area contributed by atoms with Gasteiger partial charge in [-0.15, -0.1) is 0 Å². The van der Waals surface area contributed by atoms with Crippen molar-refractivity contribution in [2.75, 3.05) is 11.9 Å². The number of rotatable bonds is 11. The maximum absolute atomic E-state index is 10.6. The molecule has 114 valence electrons. The van der Waals surface area contributed by atoms with Crippen molar-refractivity contribution in [2.45, 2.75) is 58.8 Å². The zero-order valence-electron chi connectivity index (χ0n) is 12.4. The number of hydrogen-bond acceptors (Lipinski definition) is 5. The van der Waals surface area contributed by atoms with Gasteiger partial charge in [-0.1, -0.05) is 26.7 Å². The van der Waals surface area contributed by atoms with Crippen molar-refractivity contribution >= 4 is 22.6 Å². The van der Waals surface area contributed by atoms with Crippen molar-refractivity contribution in [3.8, 4) is 0 Å². The molecule has 1 atom stereocenters. The molecule has 0 aliphatic carbocycles. The van der Waals surface area contributed by atoms with E-state index in [4.69, 9.17) is 5.11 Å². The summed E-state index contributed by atoms with van der Waals surface area (Å²) in [6, 6.07) is 0. The molecule has 6 heteroatoms. The zero-order chi connectivity index (χ0) is 14.8. The van der Waals surface area contributed by atoms with Gasteiger partial charge in [0.05, 0.1) is 0 Å². The summed E-state index contributed by atoms with van der Waals surface area (Å²) in [5, 5.41) is 12.9. The molecule has 1 rings (SSSR count). The minimum atomic E-state index is -0.701. The average molecular weight is 299 g/mol. The number of nitrogens with one attached hydrogen (secondary N) is 1. The van der Waals surface area contributed by atoms with E-state index in [0.29, 0.717) is 5.92 Å². The van der Waals surface area contributed by atoms with Gasteiger partial charge in [-0.25, -0.2) is 4.98 Å². The molecular weight excluding hydrogens is 274 g/mol. The predicted octanol–water partition coefficient (Wildman–Crippen LogP) is 3.57. The van der Waals surface area contributed by atoms with Gasteiger partial charge < -0.3 is 10.4 Å². The summed E-state index contributed by atoms with van der Waals surface area (Å²) in [6.07, 6.45) is 6.20. The highest BCUT2D eigenvalue weighted by Gasteiger charge is 2.10. The molecule has 0 bridgehead atoms.